The summed E-state index contributed by atoms with van der Waals surface area (Å²) < 4.78 is 2.06. The van der Waals surface area contributed by atoms with Gasteiger partial charge in [0.25, 0.3) is 0 Å². The third-order valence-corrected chi connectivity index (χ3v) is 9.89. The van der Waals surface area contributed by atoms with Gasteiger partial charge in [-0.25, -0.2) is 0 Å². The lowest BCUT2D eigenvalue weighted by Crippen LogP contribution is -2.18. The number of nitrogens with zero attached hydrogens (tertiary/aromatic N) is 2. The van der Waals surface area contributed by atoms with E-state index < -0.39 is 0 Å². The van der Waals surface area contributed by atoms with E-state index in [1.807, 2.05) is 23.5 Å². The van der Waals surface area contributed by atoms with Gasteiger partial charge in [0.1, 0.15) is 0 Å². The molecule has 2 aliphatic rings. The van der Waals surface area contributed by atoms with E-state index in [1.165, 1.54) is 42.3 Å². The van der Waals surface area contributed by atoms with Crippen LogP contribution in [-0.2, 0) is 0 Å². The second-order valence-electron chi connectivity index (χ2n) is 8.50. The maximum atomic E-state index is 3.91. The lowest BCUT2D eigenvalue weighted by atomic mass is 10.1. The van der Waals surface area contributed by atoms with Crippen LogP contribution >= 0.6 is 55.4 Å². The largest absolute Gasteiger partial charge is 0.307 e. The Bertz CT molecular complexity index is 1440. The third-order valence-electron chi connectivity index (χ3n) is 6.36. The van der Waals surface area contributed by atoms with Crippen LogP contribution in [-0.4, -0.2) is 0 Å². The lowest BCUT2D eigenvalue weighted by molar-refractivity contribution is 1.14. The summed E-state index contributed by atoms with van der Waals surface area (Å²) in [7, 11) is 0. The average Bonchev–Trinajstić information content (AvgIpc) is 2.91. The zero-order valence-electron chi connectivity index (χ0n) is 18.9. The SMILES string of the molecule is Brc1cc(Br)c(N2c3ccccc3Sc3ccccc32)cc1N1c2ccccc2Sc2ccccc21. The van der Waals surface area contributed by atoms with Crippen LogP contribution in [0.3, 0.4) is 0 Å². The van der Waals surface area contributed by atoms with Gasteiger partial charge in [-0.1, -0.05) is 72.1 Å². The molecule has 0 aromatic heterocycles. The first-order valence-electron chi connectivity index (χ1n) is 11.5. The van der Waals surface area contributed by atoms with Gasteiger partial charge in [0.15, 0.2) is 0 Å². The van der Waals surface area contributed by atoms with Crippen molar-refractivity contribution in [3.8, 4) is 0 Å². The molecular formula is C30H18Br2N2S2. The molecule has 2 aliphatic heterocycles. The van der Waals surface area contributed by atoms with Gasteiger partial charge in [-0.3, -0.25) is 0 Å². The van der Waals surface area contributed by atoms with Gasteiger partial charge in [-0.15, -0.1) is 0 Å². The van der Waals surface area contributed by atoms with Crippen LogP contribution in [0.2, 0.25) is 0 Å². The molecule has 5 aromatic carbocycles. The van der Waals surface area contributed by atoms with Crippen LogP contribution in [0.25, 0.3) is 0 Å². The molecule has 2 nitrogen and oxygen atoms in total. The van der Waals surface area contributed by atoms with E-state index in [4.69, 9.17) is 0 Å². The summed E-state index contributed by atoms with van der Waals surface area (Å²) in [5.41, 5.74) is 6.94. The molecule has 7 rings (SSSR count). The fourth-order valence-electron chi connectivity index (χ4n) is 4.80. The number of anilines is 6. The number of halogens is 2. The zero-order chi connectivity index (χ0) is 24.2. The molecule has 6 heteroatoms. The molecule has 0 amide bonds. The Balaban J connectivity index is 1.48. The van der Waals surface area contributed by atoms with Crippen molar-refractivity contribution in [2.75, 3.05) is 9.80 Å². The van der Waals surface area contributed by atoms with Gasteiger partial charge in [0.2, 0.25) is 0 Å². The number of rotatable bonds is 2. The third kappa shape index (κ3) is 3.62. The summed E-state index contributed by atoms with van der Waals surface area (Å²) in [4.78, 5) is 9.74. The van der Waals surface area contributed by atoms with Crippen molar-refractivity contribution in [2.24, 2.45) is 0 Å². The predicted molar refractivity (Wildman–Crippen MR) is 159 cm³/mol. The second-order valence-corrected chi connectivity index (χ2v) is 12.4. The van der Waals surface area contributed by atoms with Crippen molar-refractivity contribution in [1.82, 2.24) is 0 Å². The molecule has 0 bridgehead atoms. The number of fused-ring (bicyclic) bond motifs is 4. The van der Waals surface area contributed by atoms with E-state index >= 15 is 0 Å². The number of hydrogen-bond donors (Lipinski definition) is 0. The second kappa shape index (κ2) is 9.03. The van der Waals surface area contributed by atoms with Crippen molar-refractivity contribution < 1.29 is 0 Å². The standard InChI is InChI=1S/C30H18Br2N2S2/c31-19-17-20(32)26(34-23-11-3-7-15-29(23)36-30-16-8-4-12-24(30)34)18-25(19)33-21-9-1-5-13-27(21)35-28-14-6-2-10-22(28)33/h1-18H. The Morgan fingerprint density at radius 2 is 0.694 bits per heavy atom. The quantitative estimate of drug-likeness (QED) is 0.187. The lowest BCUT2D eigenvalue weighted by Gasteiger charge is -2.36. The van der Waals surface area contributed by atoms with Crippen molar-refractivity contribution >= 4 is 89.5 Å². The Morgan fingerprint density at radius 3 is 1.03 bits per heavy atom. The summed E-state index contributed by atoms with van der Waals surface area (Å²) in [6.45, 7) is 0. The molecule has 0 unspecified atom stereocenters. The Hall–Kier alpha value is -2.64. The molecule has 0 N–H and O–H groups in total. The van der Waals surface area contributed by atoms with Crippen molar-refractivity contribution in [3.63, 3.8) is 0 Å². The minimum Gasteiger partial charge on any atom is -0.307 e. The molecule has 0 aliphatic carbocycles. The maximum absolute atomic E-state index is 3.91. The maximum Gasteiger partial charge on any atom is 0.0626 e. The topological polar surface area (TPSA) is 6.48 Å². The van der Waals surface area contributed by atoms with Crippen LogP contribution in [0.15, 0.2) is 138 Å². The summed E-state index contributed by atoms with van der Waals surface area (Å²) in [6.07, 6.45) is 0. The van der Waals surface area contributed by atoms with Crippen LogP contribution in [0.1, 0.15) is 0 Å². The molecule has 0 atom stereocenters. The summed E-state index contributed by atoms with van der Waals surface area (Å²) >= 11 is 11.5. The fourth-order valence-corrected chi connectivity index (χ4v) is 8.26. The first-order valence-corrected chi connectivity index (χ1v) is 14.7. The average molecular weight is 630 g/mol. The molecule has 0 radical (unpaired) electrons. The van der Waals surface area contributed by atoms with Crippen LogP contribution in [0.5, 0.6) is 0 Å². The van der Waals surface area contributed by atoms with E-state index in [0.717, 1.165) is 20.3 Å². The van der Waals surface area contributed by atoms with E-state index in [-0.39, 0.29) is 0 Å². The van der Waals surface area contributed by atoms with E-state index in [1.54, 1.807) is 0 Å². The highest BCUT2D eigenvalue weighted by Crippen LogP contribution is 2.56. The van der Waals surface area contributed by atoms with E-state index in [0.29, 0.717) is 0 Å². The monoisotopic (exact) mass is 628 g/mol. The molecule has 0 fully saturated rings. The van der Waals surface area contributed by atoms with Crippen LogP contribution in [0.4, 0.5) is 34.1 Å². The highest BCUT2D eigenvalue weighted by Gasteiger charge is 2.30. The zero-order valence-corrected chi connectivity index (χ0v) is 23.7. The van der Waals surface area contributed by atoms with Gasteiger partial charge in [0.05, 0.1) is 34.1 Å². The highest BCUT2D eigenvalue weighted by atomic mass is 79.9. The van der Waals surface area contributed by atoms with Crippen molar-refractivity contribution in [3.05, 3.63) is 118 Å². The predicted octanol–water partition coefficient (Wildman–Crippen LogP) is 11.1. The minimum atomic E-state index is 1.03. The molecule has 174 valence electrons. The summed E-state index contributed by atoms with van der Waals surface area (Å²) in [6, 6.07) is 39.0. The van der Waals surface area contributed by atoms with E-state index in [9.17, 15) is 0 Å². The van der Waals surface area contributed by atoms with Crippen molar-refractivity contribution in [2.45, 2.75) is 19.6 Å². The fraction of sp³-hybridized carbons (Fsp3) is 0. The molecular weight excluding hydrogens is 612 g/mol. The van der Waals surface area contributed by atoms with Gasteiger partial charge in [0, 0.05) is 28.5 Å². The van der Waals surface area contributed by atoms with E-state index in [2.05, 4.69) is 151 Å². The van der Waals surface area contributed by atoms with Crippen molar-refractivity contribution in [1.29, 1.82) is 0 Å². The number of para-hydroxylation sites is 4. The van der Waals surface area contributed by atoms with Crippen LogP contribution < -0.4 is 9.80 Å². The van der Waals surface area contributed by atoms with Crippen LogP contribution in [0, 0.1) is 0 Å². The highest BCUT2D eigenvalue weighted by molar-refractivity contribution is 9.11. The Morgan fingerprint density at radius 1 is 0.389 bits per heavy atom. The summed E-state index contributed by atoms with van der Waals surface area (Å²) in [5.74, 6) is 0. The van der Waals surface area contributed by atoms with Gasteiger partial charge in [-0.2, -0.15) is 0 Å². The molecule has 5 aromatic rings. The smallest absolute Gasteiger partial charge is 0.0626 e. The molecule has 0 spiro atoms. The first-order chi connectivity index (χ1) is 17.7. The van der Waals surface area contributed by atoms with Gasteiger partial charge in [-0.05, 0) is 92.5 Å². The molecule has 0 saturated heterocycles. The molecule has 2 heterocycles. The Labute approximate surface area is 235 Å². The summed E-state index contributed by atoms with van der Waals surface area (Å²) in [5, 5.41) is 0. The molecule has 36 heavy (non-hydrogen) atoms. The minimum absolute atomic E-state index is 1.03. The van der Waals surface area contributed by atoms with Gasteiger partial charge >= 0.3 is 0 Å². The first kappa shape index (κ1) is 22.5. The Kier molecular flexibility index (Phi) is 5.66. The molecule has 0 saturated carbocycles. The number of hydrogen-bond acceptors (Lipinski definition) is 4. The normalized spacial score (nSPS) is 13.5. The number of benzene rings is 5. The van der Waals surface area contributed by atoms with Gasteiger partial charge < -0.3 is 9.80 Å².